The van der Waals surface area contributed by atoms with E-state index in [1.807, 2.05) is 0 Å². The van der Waals surface area contributed by atoms with Crippen molar-refractivity contribution in [3.63, 3.8) is 0 Å². The topological polar surface area (TPSA) is 98.0 Å². The van der Waals surface area contributed by atoms with Crippen LogP contribution in [0.2, 0.25) is 0 Å². The highest BCUT2D eigenvalue weighted by atomic mass is 19.4. The van der Waals surface area contributed by atoms with E-state index in [4.69, 9.17) is 10.6 Å². The zero-order valence-electron chi connectivity index (χ0n) is 10.1. The maximum Gasteiger partial charge on any atom is 0.411 e. The number of alkyl halides is 3. The van der Waals surface area contributed by atoms with Gasteiger partial charge < -0.3 is 10.1 Å². The van der Waals surface area contributed by atoms with Crippen LogP contribution in [0, 0.1) is 0 Å². The second-order valence-electron chi connectivity index (χ2n) is 4.05. The van der Waals surface area contributed by atoms with Crippen molar-refractivity contribution in [1.29, 1.82) is 0 Å². The third kappa shape index (κ3) is 2.78. The number of nitrogens with one attached hydrogen (secondary N) is 2. The highest BCUT2D eigenvalue weighted by Crippen LogP contribution is 2.50. The first-order valence-electron chi connectivity index (χ1n) is 5.60. The van der Waals surface area contributed by atoms with Gasteiger partial charge in [0.15, 0.2) is 0 Å². The quantitative estimate of drug-likeness (QED) is 0.547. The van der Waals surface area contributed by atoms with Crippen LogP contribution in [0.1, 0.15) is 19.8 Å². The van der Waals surface area contributed by atoms with Crippen molar-refractivity contribution < 1.29 is 17.9 Å². The molecule has 1 aromatic heterocycles. The van der Waals surface area contributed by atoms with E-state index in [2.05, 4.69) is 25.7 Å². The molecule has 1 heterocycles. The maximum absolute atomic E-state index is 12.8. The van der Waals surface area contributed by atoms with E-state index in [-0.39, 0.29) is 37.4 Å². The highest BCUT2D eigenvalue weighted by molar-refractivity contribution is 5.40. The number of ether oxygens (including phenoxy) is 1. The van der Waals surface area contributed by atoms with E-state index in [0.717, 1.165) is 0 Å². The Balaban J connectivity index is 2.22. The normalized spacial score (nSPS) is 16.9. The Morgan fingerprint density at radius 1 is 1.26 bits per heavy atom. The monoisotopic (exact) mass is 278 g/mol. The molecule has 2 rings (SSSR count). The minimum absolute atomic E-state index is 0.0163. The first kappa shape index (κ1) is 13.6. The summed E-state index contributed by atoms with van der Waals surface area (Å²) in [5, 5.41) is 2.28. The van der Waals surface area contributed by atoms with E-state index in [9.17, 15) is 13.2 Å². The van der Waals surface area contributed by atoms with E-state index in [1.165, 1.54) is 0 Å². The minimum atomic E-state index is -4.36. The minimum Gasteiger partial charge on any atom is -0.464 e. The zero-order valence-corrected chi connectivity index (χ0v) is 10.1. The molecule has 7 nitrogen and oxygen atoms in total. The number of hydrazine groups is 1. The van der Waals surface area contributed by atoms with Crippen molar-refractivity contribution in [3.8, 4) is 6.01 Å². The molecule has 0 spiro atoms. The van der Waals surface area contributed by atoms with Crippen LogP contribution in [-0.4, -0.2) is 33.3 Å². The molecule has 0 saturated heterocycles. The van der Waals surface area contributed by atoms with E-state index >= 15 is 0 Å². The van der Waals surface area contributed by atoms with Gasteiger partial charge in [-0.1, -0.05) is 0 Å². The molecular formula is C9H13F3N6O. The van der Waals surface area contributed by atoms with E-state index < -0.39 is 11.7 Å². The number of halogens is 3. The third-order valence-corrected chi connectivity index (χ3v) is 2.66. The molecule has 0 radical (unpaired) electrons. The number of nitrogens with two attached hydrogens (primary N) is 1. The van der Waals surface area contributed by atoms with Gasteiger partial charge in [0.05, 0.1) is 6.61 Å². The van der Waals surface area contributed by atoms with Crippen LogP contribution in [0.5, 0.6) is 6.01 Å². The average Bonchev–Trinajstić information content (AvgIpc) is 3.09. The van der Waals surface area contributed by atoms with Gasteiger partial charge in [0.2, 0.25) is 11.9 Å². The number of nitrogen functional groups attached to an aromatic ring is 1. The number of rotatable bonds is 5. The van der Waals surface area contributed by atoms with Crippen LogP contribution in [0.15, 0.2) is 0 Å². The Hall–Kier alpha value is -1.84. The number of hydrogen-bond donors (Lipinski definition) is 3. The van der Waals surface area contributed by atoms with Gasteiger partial charge in [-0.3, -0.25) is 5.43 Å². The third-order valence-electron chi connectivity index (χ3n) is 2.66. The summed E-state index contributed by atoms with van der Waals surface area (Å²) in [7, 11) is 0. The average molecular weight is 278 g/mol. The predicted octanol–water partition coefficient (Wildman–Crippen LogP) is 1.06. The molecular weight excluding hydrogens is 265 g/mol. The van der Waals surface area contributed by atoms with Crippen molar-refractivity contribution >= 4 is 11.9 Å². The number of nitrogens with zero attached hydrogens (tertiary/aromatic N) is 3. The summed E-state index contributed by atoms with van der Waals surface area (Å²) in [4.78, 5) is 11.2. The number of aromatic nitrogens is 3. The number of hydrogen-bond acceptors (Lipinski definition) is 7. The Bertz CT molecular complexity index is 462. The molecule has 19 heavy (non-hydrogen) atoms. The Kier molecular flexibility index (Phi) is 3.35. The molecule has 1 aliphatic rings. The summed E-state index contributed by atoms with van der Waals surface area (Å²) in [5.74, 6) is 4.85. The molecule has 1 fully saturated rings. The molecule has 4 N–H and O–H groups in total. The molecule has 0 atom stereocenters. The van der Waals surface area contributed by atoms with Crippen LogP contribution in [0.4, 0.5) is 25.1 Å². The second-order valence-corrected chi connectivity index (χ2v) is 4.05. The van der Waals surface area contributed by atoms with Crippen molar-refractivity contribution in [2.24, 2.45) is 5.84 Å². The van der Waals surface area contributed by atoms with Crippen LogP contribution < -0.4 is 21.3 Å². The molecule has 0 aliphatic heterocycles. The molecule has 1 aliphatic carbocycles. The predicted molar refractivity (Wildman–Crippen MR) is 60.4 cm³/mol. The maximum atomic E-state index is 12.8. The molecule has 10 heteroatoms. The SMILES string of the molecule is CCOc1nc(NN)nc(NC2(C(F)(F)F)CC2)n1. The molecule has 0 aromatic carbocycles. The van der Waals surface area contributed by atoms with E-state index in [0.29, 0.717) is 0 Å². The smallest absolute Gasteiger partial charge is 0.411 e. The molecule has 1 saturated carbocycles. The largest absolute Gasteiger partial charge is 0.464 e. The highest BCUT2D eigenvalue weighted by Gasteiger charge is 2.64. The fourth-order valence-corrected chi connectivity index (χ4v) is 1.49. The second kappa shape index (κ2) is 4.68. The fraction of sp³-hybridized carbons (Fsp3) is 0.667. The molecule has 0 unspecified atom stereocenters. The van der Waals surface area contributed by atoms with Crippen LogP contribution in [0.3, 0.4) is 0 Å². The van der Waals surface area contributed by atoms with Crippen molar-refractivity contribution in [1.82, 2.24) is 15.0 Å². The summed E-state index contributed by atoms with van der Waals surface area (Å²) < 4.78 is 43.5. The fourth-order valence-electron chi connectivity index (χ4n) is 1.49. The van der Waals surface area contributed by atoms with Gasteiger partial charge in [-0.05, 0) is 19.8 Å². The lowest BCUT2D eigenvalue weighted by Gasteiger charge is -2.20. The number of anilines is 2. The lowest BCUT2D eigenvalue weighted by Crippen LogP contribution is -2.39. The van der Waals surface area contributed by atoms with Crippen LogP contribution >= 0.6 is 0 Å². The van der Waals surface area contributed by atoms with Gasteiger partial charge in [0.25, 0.3) is 0 Å². The van der Waals surface area contributed by atoms with Gasteiger partial charge in [-0.25, -0.2) is 5.84 Å². The van der Waals surface area contributed by atoms with Crippen molar-refractivity contribution in [3.05, 3.63) is 0 Å². The van der Waals surface area contributed by atoms with Crippen LogP contribution in [-0.2, 0) is 0 Å². The Labute approximate surface area is 106 Å². The van der Waals surface area contributed by atoms with Gasteiger partial charge in [-0.2, -0.15) is 28.1 Å². The summed E-state index contributed by atoms with van der Waals surface area (Å²) in [6, 6.07) is -0.0917. The van der Waals surface area contributed by atoms with Crippen LogP contribution in [0.25, 0.3) is 0 Å². The summed E-state index contributed by atoms with van der Waals surface area (Å²) >= 11 is 0. The molecule has 0 amide bonds. The summed E-state index contributed by atoms with van der Waals surface area (Å²) in [6.45, 7) is 1.97. The Morgan fingerprint density at radius 3 is 2.37 bits per heavy atom. The molecule has 106 valence electrons. The van der Waals surface area contributed by atoms with Gasteiger partial charge in [0, 0.05) is 0 Å². The lowest BCUT2D eigenvalue weighted by atomic mass is 10.3. The summed E-state index contributed by atoms with van der Waals surface area (Å²) in [5.41, 5.74) is 0.193. The van der Waals surface area contributed by atoms with Gasteiger partial charge in [0.1, 0.15) is 5.54 Å². The standard InChI is InChI=1S/C9H13F3N6O/c1-2-19-7-15-5(14-6(16-7)18-13)17-8(3-4-8)9(10,11)12/h2-4,13H2,1H3,(H2,14,15,16,17,18). The van der Waals surface area contributed by atoms with Crippen molar-refractivity contribution in [2.75, 3.05) is 17.3 Å². The zero-order chi connectivity index (χ0) is 14.1. The first-order valence-corrected chi connectivity index (χ1v) is 5.60. The first-order chi connectivity index (χ1) is 8.90. The van der Waals surface area contributed by atoms with Gasteiger partial charge >= 0.3 is 12.2 Å². The lowest BCUT2D eigenvalue weighted by molar-refractivity contribution is -0.151. The molecule has 1 aromatic rings. The van der Waals surface area contributed by atoms with E-state index in [1.54, 1.807) is 6.92 Å². The summed E-state index contributed by atoms with van der Waals surface area (Å²) in [6.07, 6.45) is -4.39. The Morgan fingerprint density at radius 2 is 1.89 bits per heavy atom. The van der Waals surface area contributed by atoms with Crippen molar-refractivity contribution in [2.45, 2.75) is 31.5 Å². The molecule has 0 bridgehead atoms. The van der Waals surface area contributed by atoms with Gasteiger partial charge in [-0.15, -0.1) is 0 Å².